The fourth-order valence-electron chi connectivity index (χ4n) is 2.63. The molecule has 0 saturated carbocycles. The molecule has 1 fully saturated rings. The number of para-hydroxylation sites is 1. The van der Waals surface area contributed by atoms with Gasteiger partial charge >= 0.3 is 0 Å². The third-order valence-electron chi connectivity index (χ3n) is 3.83. The summed E-state index contributed by atoms with van der Waals surface area (Å²) in [6.07, 6.45) is 0. The van der Waals surface area contributed by atoms with Gasteiger partial charge < -0.3 is 19.7 Å². The van der Waals surface area contributed by atoms with Crippen LogP contribution in [0.2, 0.25) is 0 Å². The lowest BCUT2D eigenvalue weighted by molar-refractivity contribution is 0.102. The van der Waals surface area contributed by atoms with E-state index in [4.69, 9.17) is 9.47 Å². The van der Waals surface area contributed by atoms with Crippen LogP contribution >= 0.6 is 0 Å². The molecule has 0 bridgehead atoms. The second-order valence-electron chi connectivity index (χ2n) is 5.30. The highest BCUT2D eigenvalue weighted by Gasteiger charge is 2.14. The number of carbonyl (C=O) groups excluding carboxylic acids is 1. The molecule has 2 aromatic carbocycles. The van der Waals surface area contributed by atoms with Gasteiger partial charge in [-0.2, -0.15) is 0 Å². The minimum absolute atomic E-state index is 0.179. The largest absolute Gasteiger partial charge is 0.496 e. The van der Waals surface area contributed by atoms with E-state index in [1.54, 1.807) is 19.2 Å². The van der Waals surface area contributed by atoms with Gasteiger partial charge in [0.25, 0.3) is 5.91 Å². The molecule has 23 heavy (non-hydrogen) atoms. The number of hydrogen-bond acceptors (Lipinski definition) is 4. The van der Waals surface area contributed by atoms with Crippen molar-refractivity contribution in [2.75, 3.05) is 43.6 Å². The molecule has 0 unspecified atom stereocenters. The number of nitrogens with zero attached hydrogens (tertiary/aromatic N) is 1. The highest BCUT2D eigenvalue weighted by atomic mass is 16.5. The van der Waals surface area contributed by atoms with Gasteiger partial charge in [-0.15, -0.1) is 0 Å². The first-order valence-electron chi connectivity index (χ1n) is 7.65. The zero-order valence-corrected chi connectivity index (χ0v) is 13.1. The van der Waals surface area contributed by atoms with Gasteiger partial charge in [-0.3, -0.25) is 4.79 Å². The van der Waals surface area contributed by atoms with E-state index in [0.29, 0.717) is 11.3 Å². The Kier molecular flexibility index (Phi) is 4.78. The number of carbonyl (C=O) groups is 1. The summed E-state index contributed by atoms with van der Waals surface area (Å²) in [7, 11) is 1.56. The maximum Gasteiger partial charge on any atom is 0.259 e. The van der Waals surface area contributed by atoms with Crippen molar-refractivity contribution in [3.8, 4) is 5.75 Å². The number of morpholine rings is 1. The lowest BCUT2D eigenvalue weighted by atomic mass is 10.1. The minimum Gasteiger partial charge on any atom is -0.496 e. The number of ether oxygens (including phenoxy) is 2. The van der Waals surface area contributed by atoms with Crippen molar-refractivity contribution < 1.29 is 14.3 Å². The van der Waals surface area contributed by atoms with E-state index < -0.39 is 0 Å². The average molecular weight is 312 g/mol. The molecule has 120 valence electrons. The normalized spacial score (nSPS) is 14.4. The first kappa shape index (κ1) is 15.4. The van der Waals surface area contributed by atoms with Crippen molar-refractivity contribution >= 4 is 17.3 Å². The molecule has 1 heterocycles. The van der Waals surface area contributed by atoms with Crippen LogP contribution in [0, 0.1) is 0 Å². The maximum atomic E-state index is 12.5. The van der Waals surface area contributed by atoms with E-state index in [1.807, 2.05) is 36.4 Å². The highest BCUT2D eigenvalue weighted by Crippen LogP contribution is 2.23. The zero-order valence-electron chi connectivity index (χ0n) is 13.1. The Labute approximate surface area is 135 Å². The molecule has 1 aliphatic heterocycles. The van der Waals surface area contributed by atoms with Gasteiger partial charge in [-0.05, 0) is 30.3 Å². The van der Waals surface area contributed by atoms with Crippen molar-refractivity contribution in [3.05, 3.63) is 54.1 Å². The first-order chi connectivity index (χ1) is 11.3. The van der Waals surface area contributed by atoms with E-state index in [0.717, 1.165) is 37.7 Å². The summed E-state index contributed by atoms with van der Waals surface area (Å²) in [5.74, 6) is 0.385. The van der Waals surface area contributed by atoms with Crippen molar-refractivity contribution in [1.29, 1.82) is 0 Å². The van der Waals surface area contributed by atoms with Crippen LogP contribution < -0.4 is 15.0 Å². The highest BCUT2D eigenvalue weighted by molar-refractivity contribution is 6.06. The molecule has 1 aliphatic rings. The lowest BCUT2D eigenvalue weighted by Crippen LogP contribution is -2.36. The first-order valence-corrected chi connectivity index (χ1v) is 7.65. The molecule has 5 heteroatoms. The summed E-state index contributed by atoms with van der Waals surface area (Å²) in [5.41, 5.74) is 2.38. The standard InChI is InChI=1S/C18H20N2O3/c1-22-17-8-3-2-7-16(17)18(21)19-14-5-4-6-15(13-14)20-9-11-23-12-10-20/h2-8,13H,9-12H2,1H3,(H,19,21). The van der Waals surface area contributed by atoms with Gasteiger partial charge in [0.2, 0.25) is 0 Å². The summed E-state index contributed by atoms with van der Waals surface area (Å²) in [5, 5.41) is 2.94. The number of methoxy groups -OCH3 is 1. The average Bonchev–Trinajstić information content (AvgIpc) is 2.62. The molecule has 0 aliphatic carbocycles. The van der Waals surface area contributed by atoms with Crippen molar-refractivity contribution in [1.82, 2.24) is 0 Å². The summed E-state index contributed by atoms with van der Waals surface area (Å²) < 4.78 is 10.6. The van der Waals surface area contributed by atoms with Crippen LogP contribution in [0.25, 0.3) is 0 Å². The van der Waals surface area contributed by atoms with E-state index in [2.05, 4.69) is 10.2 Å². The summed E-state index contributed by atoms with van der Waals surface area (Å²) in [6, 6.07) is 15.1. The van der Waals surface area contributed by atoms with Gasteiger partial charge in [-0.25, -0.2) is 0 Å². The summed E-state index contributed by atoms with van der Waals surface area (Å²) in [6.45, 7) is 3.20. The van der Waals surface area contributed by atoms with Crippen LogP contribution in [0.4, 0.5) is 11.4 Å². The third kappa shape index (κ3) is 3.63. The van der Waals surface area contributed by atoms with E-state index in [1.165, 1.54) is 0 Å². The number of rotatable bonds is 4. The maximum absolute atomic E-state index is 12.5. The minimum atomic E-state index is -0.179. The SMILES string of the molecule is COc1ccccc1C(=O)Nc1cccc(N2CCOCC2)c1. The smallest absolute Gasteiger partial charge is 0.259 e. The third-order valence-corrected chi connectivity index (χ3v) is 3.83. The molecule has 1 saturated heterocycles. The molecule has 1 amide bonds. The van der Waals surface area contributed by atoms with Crippen LogP contribution in [-0.2, 0) is 4.74 Å². The van der Waals surface area contributed by atoms with Crippen molar-refractivity contribution in [3.63, 3.8) is 0 Å². The van der Waals surface area contributed by atoms with Crippen LogP contribution in [0.3, 0.4) is 0 Å². The van der Waals surface area contributed by atoms with E-state index in [-0.39, 0.29) is 5.91 Å². The predicted molar refractivity (Wildman–Crippen MR) is 90.4 cm³/mol. The second-order valence-corrected chi connectivity index (χ2v) is 5.30. The van der Waals surface area contributed by atoms with Crippen LogP contribution in [0.1, 0.15) is 10.4 Å². The fourth-order valence-corrected chi connectivity index (χ4v) is 2.63. The van der Waals surface area contributed by atoms with Gasteiger partial charge in [0.15, 0.2) is 0 Å². The molecule has 0 radical (unpaired) electrons. The number of benzene rings is 2. The Hall–Kier alpha value is -2.53. The molecule has 0 atom stereocenters. The number of amides is 1. The number of anilines is 2. The molecular formula is C18H20N2O3. The van der Waals surface area contributed by atoms with Crippen LogP contribution in [0.5, 0.6) is 5.75 Å². The molecule has 0 aromatic heterocycles. The second kappa shape index (κ2) is 7.15. The Balaban J connectivity index is 1.76. The van der Waals surface area contributed by atoms with E-state index in [9.17, 15) is 4.79 Å². The monoisotopic (exact) mass is 312 g/mol. The summed E-state index contributed by atoms with van der Waals surface area (Å²) >= 11 is 0. The molecule has 2 aromatic rings. The quantitative estimate of drug-likeness (QED) is 0.943. The number of hydrogen-bond donors (Lipinski definition) is 1. The molecular weight excluding hydrogens is 292 g/mol. The molecule has 1 N–H and O–H groups in total. The Morgan fingerprint density at radius 1 is 1.13 bits per heavy atom. The van der Waals surface area contributed by atoms with E-state index >= 15 is 0 Å². The predicted octanol–water partition coefficient (Wildman–Crippen LogP) is 2.78. The van der Waals surface area contributed by atoms with Gasteiger partial charge in [0.05, 0.1) is 25.9 Å². The van der Waals surface area contributed by atoms with Gasteiger partial charge in [0, 0.05) is 24.5 Å². The summed E-state index contributed by atoms with van der Waals surface area (Å²) in [4.78, 5) is 14.7. The molecule has 0 spiro atoms. The number of nitrogens with one attached hydrogen (secondary N) is 1. The Morgan fingerprint density at radius 3 is 2.70 bits per heavy atom. The lowest BCUT2D eigenvalue weighted by Gasteiger charge is -2.29. The van der Waals surface area contributed by atoms with Crippen molar-refractivity contribution in [2.45, 2.75) is 0 Å². The van der Waals surface area contributed by atoms with Crippen molar-refractivity contribution in [2.24, 2.45) is 0 Å². The van der Waals surface area contributed by atoms with Gasteiger partial charge in [-0.1, -0.05) is 18.2 Å². The van der Waals surface area contributed by atoms with Crippen LogP contribution in [0.15, 0.2) is 48.5 Å². The van der Waals surface area contributed by atoms with Crippen LogP contribution in [-0.4, -0.2) is 39.3 Å². The molecule has 3 rings (SSSR count). The van der Waals surface area contributed by atoms with Gasteiger partial charge in [0.1, 0.15) is 5.75 Å². The molecule has 5 nitrogen and oxygen atoms in total. The zero-order chi connectivity index (χ0) is 16.1. The fraction of sp³-hybridized carbons (Fsp3) is 0.278. The Bertz CT molecular complexity index is 681. The topological polar surface area (TPSA) is 50.8 Å². The Morgan fingerprint density at radius 2 is 1.91 bits per heavy atom.